The number of anilines is 1. The summed E-state index contributed by atoms with van der Waals surface area (Å²) in [6, 6.07) is 15.2. The number of amides is 1. The summed E-state index contributed by atoms with van der Waals surface area (Å²) in [5.41, 5.74) is -0.996. The molecule has 5 rings (SSSR count). The molecule has 34 heavy (non-hydrogen) atoms. The van der Waals surface area contributed by atoms with E-state index in [0.29, 0.717) is 28.6 Å². The van der Waals surface area contributed by atoms with Crippen LogP contribution in [0.15, 0.2) is 64.4 Å². The standard InChI is InChI=1S/C24H21F2N5O2S/c1-14-19(26)21(33)28-22(27-14)31-11-16-12-34-23(29-20(32)15-7-3-2-4-8-15)30-24(16,13-31)17-9-5-6-10-18(17)25/h2-10,16H,11-13H2,1H3,(H,27,28,33)(H,29,30,32)/t16-,24-/m0/s1. The maximum atomic E-state index is 15.1. The highest BCUT2D eigenvalue weighted by molar-refractivity contribution is 8.13. The molecule has 3 aromatic rings. The molecule has 0 spiro atoms. The number of fused-ring (bicyclic) bond motifs is 1. The van der Waals surface area contributed by atoms with Crippen LogP contribution in [0.2, 0.25) is 0 Å². The molecule has 0 bridgehead atoms. The molecule has 2 N–H and O–H groups in total. The zero-order chi connectivity index (χ0) is 23.9. The maximum Gasteiger partial charge on any atom is 0.288 e. The third-order valence-electron chi connectivity index (χ3n) is 6.18. The normalized spacial score (nSPS) is 21.7. The third kappa shape index (κ3) is 3.87. The quantitative estimate of drug-likeness (QED) is 0.600. The van der Waals surface area contributed by atoms with Crippen molar-refractivity contribution in [1.29, 1.82) is 0 Å². The first-order valence-corrected chi connectivity index (χ1v) is 11.7. The number of nitrogens with one attached hydrogen (secondary N) is 2. The number of rotatable bonds is 3. The zero-order valence-corrected chi connectivity index (χ0v) is 19.0. The number of aromatic nitrogens is 2. The van der Waals surface area contributed by atoms with Crippen LogP contribution in [-0.2, 0) is 5.54 Å². The Morgan fingerprint density at radius 3 is 2.65 bits per heavy atom. The van der Waals surface area contributed by atoms with Crippen molar-refractivity contribution in [1.82, 2.24) is 15.3 Å². The van der Waals surface area contributed by atoms with Crippen LogP contribution in [-0.4, -0.2) is 39.9 Å². The summed E-state index contributed by atoms with van der Waals surface area (Å²) in [5.74, 6) is -1.00. The van der Waals surface area contributed by atoms with E-state index in [0.717, 1.165) is 0 Å². The van der Waals surface area contributed by atoms with Gasteiger partial charge in [0.2, 0.25) is 11.8 Å². The Morgan fingerprint density at radius 1 is 1.18 bits per heavy atom. The highest BCUT2D eigenvalue weighted by atomic mass is 32.2. The van der Waals surface area contributed by atoms with Crippen molar-refractivity contribution in [3.8, 4) is 0 Å². The van der Waals surface area contributed by atoms with E-state index in [9.17, 15) is 14.0 Å². The van der Waals surface area contributed by atoms with E-state index < -0.39 is 22.7 Å². The number of nitrogens with zero attached hydrogens (tertiary/aromatic N) is 3. The van der Waals surface area contributed by atoms with Gasteiger partial charge >= 0.3 is 0 Å². The van der Waals surface area contributed by atoms with Crippen LogP contribution in [0.1, 0.15) is 21.6 Å². The van der Waals surface area contributed by atoms with Crippen molar-refractivity contribution in [3.05, 3.63) is 93.4 Å². The van der Waals surface area contributed by atoms with Gasteiger partial charge in [0.25, 0.3) is 11.5 Å². The summed E-state index contributed by atoms with van der Waals surface area (Å²) < 4.78 is 28.9. The fraction of sp³-hybridized carbons (Fsp3) is 0.250. The molecule has 2 aromatic carbocycles. The van der Waals surface area contributed by atoms with E-state index in [4.69, 9.17) is 4.99 Å². The van der Waals surface area contributed by atoms with Crippen LogP contribution in [0, 0.1) is 24.5 Å². The topological polar surface area (TPSA) is 90.4 Å². The van der Waals surface area contributed by atoms with E-state index in [1.165, 1.54) is 24.8 Å². The van der Waals surface area contributed by atoms with Crippen LogP contribution in [0.25, 0.3) is 0 Å². The van der Waals surface area contributed by atoms with Gasteiger partial charge < -0.3 is 10.2 Å². The number of amidine groups is 1. The van der Waals surface area contributed by atoms with Crippen molar-refractivity contribution in [2.75, 3.05) is 23.7 Å². The number of aliphatic imine (C=N–C) groups is 1. The number of H-pyrrole nitrogens is 1. The second kappa shape index (κ2) is 8.68. The highest BCUT2D eigenvalue weighted by Crippen LogP contribution is 2.47. The Morgan fingerprint density at radius 2 is 1.91 bits per heavy atom. The Balaban J connectivity index is 1.55. The van der Waals surface area contributed by atoms with E-state index in [-0.39, 0.29) is 30.0 Å². The fourth-order valence-corrected chi connectivity index (χ4v) is 5.61. The smallest absolute Gasteiger partial charge is 0.288 e. The van der Waals surface area contributed by atoms with Crippen molar-refractivity contribution in [2.24, 2.45) is 10.9 Å². The largest absolute Gasteiger partial charge is 0.339 e. The minimum Gasteiger partial charge on any atom is -0.339 e. The van der Waals surface area contributed by atoms with E-state index >= 15 is 4.39 Å². The second-order valence-corrected chi connectivity index (χ2v) is 9.33. The van der Waals surface area contributed by atoms with Crippen molar-refractivity contribution >= 4 is 28.8 Å². The fourth-order valence-electron chi connectivity index (χ4n) is 4.48. The van der Waals surface area contributed by atoms with Gasteiger partial charge in [0.05, 0.1) is 12.2 Å². The van der Waals surface area contributed by atoms with Crippen molar-refractivity contribution < 1.29 is 13.6 Å². The molecule has 0 unspecified atom stereocenters. The van der Waals surface area contributed by atoms with Crippen LogP contribution in [0.3, 0.4) is 0 Å². The molecular weight excluding hydrogens is 460 g/mol. The van der Waals surface area contributed by atoms with Gasteiger partial charge in [-0.05, 0) is 25.1 Å². The van der Waals surface area contributed by atoms with E-state index in [1.54, 1.807) is 47.4 Å². The summed E-state index contributed by atoms with van der Waals surface area (Å²) in [6.07, 6.45) is 0. The number of aromatic amines is 1. The van der Waals surface area contributed by atoms with Gasteiger partial charge in [0.1, 0.15) is 11.4 Å². The molecular formula is C24H21F2N5O2S. The van der Waals surface area contributed by atoms with Crippen molar-refractivity contribution in [2.45, 2.75) is 12.5 Å². The summed E-state index contributed by atoms with van der Waals surface area (Å²) in [5, 5.41) is 3.25. The highest BCUT2D eigenvalue weighted by Gasteiger charge is 2.52. The van der Waals surface area contributed by atoms with Gasteiger partial charge in [-0.15, -0.1) is 0 Å². The van der Waals surface area contributed by atoms with Crippen LogP contribution in [0.4, 0.5) is 14.7 Å². The Bertz CT molecular complexity index is 1350. The predicted molar refractivity (Wildman–Crippen MR) is 127 cm³/mol. The molecule has 2 atom stereocenters. The molecule has 2 aliphatic rings. The second-order valence-electron chi connectivity index (χ2n) is 8.32. The minimum atomic E-state index is -1.02. The Labute approximate surface area is 198 Å². The summed E-state index contributed by atoms with van der Waals surface area (Å²) in [7, 11) is 0. The van der Waals surface area contributed by atoms with Gasteiger partial charge in [-0.25, -0.2) is 14.4 Å². The summed E-state index contributed by atoms with van der Waals surface area (Å²) >= 11 is 1.38. The average molecular weight is 482 g/mol. The SMILES string of the molecule is Cc1nc(N2C[C@H]3CSC(NC(=O)c4ccccc4)=N[C@@]3(c3ccccc3F)C2)[nH]c(=O)c1F. The van der Waals surface area contributed by atoms with Gasteiger partial charge in [0.15, 0.2) is 5.17 Å². The number of hydrogen-bond donors (Lipinski definition) is 2. The van der Waals surface area contributed by atoms with Gasteiger partial charge in [0, 0.05) is 29.3 Å². The lowest BCUT2D eigenvalue weighted by Gasteiger charge is -2.35. The molecule has 3 heterocycles. The van der Waals surface area contributed by atoms with Crippen LogP contribution < -0.4 is 15.8 Å². The molecule has 174 valence electrons. The first-order chi connectivity index (χ1) is 16.4. The van der Waals surface area contributed by atoms with Gasteiger partial charge in [-0.3, -0.25) is 14.6 Å². The number of hydrogen-bond acceptors (Lipinski definition) is 6. The number of thioether (sulfide) groups is 1. The molecule has 1 fully saturated rings. The molecule has 10 heteroatoms. The average Bonchev–Trinajstić information content (AvgIpc) is 3.23. The molecule has 1 saturated heterocycles. The lowest BCUT2D eigenvalue weighted by molar-refractivity contribution is 0.0977. The first kappa shape index (κ1) is 22.3. The first-order valence-electron chi connectivity index (χ1n) is 10.7. The van der Waals surface area contributed by atoms with E-state index in [1.807, 2.05) is 6.07 Å². The molecule has 0 radical (unpaired) electrons. The van der Waals surface area contributed by atoms with E-state index in [2.05, 4.69) is 15.3 Å². The lowest BCUT2D eigenvalue weighted by atomic mass is 9.81. The summed E-state index contributed by atoms with van der Waals surface area (Å²) in [4.78, 5) is 38.1. The third-order valence-corrected chi connectivity index (χ3v) is 7.22. The Kier molecular flexibility index (Phi) is 5.68. The molecule has 1 amide bonds. The van der Waals surface area contributed by atoms with Crippen LogP contribution >= 0.6 is 11.8 Å². The number of halogens is 2. The van der Waals surface area contributed by atoms with Gasteiger partial charge in [-0.1, -0.05) is 48.2 Å². The Hall–Kier alpha value is -3.53. The number of benzene rings is 2. The number of carbonyl (C=O) groups is 1. The predicted octanol–water partition coefficient (Wildman–Crippen LogP) is 3.22. The lowest BCUT2D eigenvalue weighted by Crippen LogP contribution is -2.43. The van der Waals surface area contributed by atoms with Crippen molar-refractivity contribution in [3.63, 3.8) is 0 Å². The molecule has 1 aromatic heterocycles. The molecule has 0 saturated carbocycles. The minimum absolute atomic E-state index is 0.0118. The maximum absolute atomic E-state index is 15.1. The monoisotopic (exact) mass is 481 g/mol. The molecule has 0 aliphatic carbocycles. The zero-order valence-electron chi connectivity index (χ0n) is 18.2. The summed E-state index contributed by atoms with van der Waals surface area (Å²) in [6.45, 7) is 2.06. The van der Waals surface area contributed by atoms with Crippen LogP contribution in [0.5, 0.6) is 0 Å². The molecule has 2 aliphatic heterocycles. The number of carbonyl (C=O) groups excluding carboxylic acids is 1. The number of aryl methyl sites for hydroxylation is 1. The van der Waals surface area contributed by atoms with Gasteiger partial charge in [-0.2, -0.15) is 4.39 Å². The molecule has 7 nitrogen and oxygen atoms in total.